The zero-order chi connectivity index (χ0) is 14.8. The van der Waals surface area contributed by atoms with Crippen LogP contribution in [0.3, 0.4) is 0 Å². The van der Waals surface area contributed by atoms with Crippen molar-refractivity contribution in [3.63, 3.8) is 0 Å². The van der Waals surface area contributed by atoms with E-state index in [0.717, 1.165) is 17.9 Å². The number of sulfone groups is 1. The Bertz CT molecular complexity index is 699. The number of halogens is 1. The lowest BCUT2D eigenvalue weighted by atomic mass is 10.2. The lowest BCUT2D eigenvalue weighted by Crippen LogP contribution is -2.17. The number of hydrogen-bond acceptors (Lipinski definition) is 3. The highest BCUT2D eigenvalue weighted by Gasteiger charge is 2.13. The fraction of sp³-hybridized carbons (Fsp3) is 0.200. The van der Waals surface area contributed by atoms with Crippen LogP contribution >= 0.6 is 0 Å². The third kappa shape index (κ3) is 3.36. The van der Waals surface area contributed by atoms with Crippen LogP contribution in [0.1, 0.15) is 5.56 Å². The van der Waals surface area contributed by atoms with Crippen LogP contribution in [0.15, 0.2) is 53.4 Å². The Morgan fingerprint density at radius 1 is 1.10 bits per heavy atom. The fourth-order valence-electron chi connectivity index (χ4n) is 1.97. The van der Waals surface area contributed by atoms with Gasteiger partial charge in [0.05, 0.1) is 10.6 Å². The van der Waals surface area contributed by atoms with Crippen LogP contribution in [0.4, 0.5) is 10.1 Å². The van der Waals surface area contributed by atoms with Crippen molar-refractivity contribution in [2.45, 2.75) is 11.4 Å². The summed E-state index contributed by atoms with van der Waals surface area (Å²) >= 11 is 0. The van der Waals surface area contributed by atoms with Crippen LogP contribution in [0.5, 0.6) is 0 Å². The Morgan fingerprint density at radius 2 is 1.75 bits per heavy atom. The van der Waals surface area contributed by atoms with Gasteiger partial charge in [-0.25, -0.2) is 12.8 Å². The topological polar surface area (TPSA) is 37.4 Å². The number of anilines is 1. The standard InChI is InChI=1S/C15H16FNO2S/c1-17(11-12-6-4-3-5-7-12)15-9-8-13(10-14(15)16)20(2,18)19/h3-10H,11H2,1-2H3. The maximum Gasteiger partial charge on any atom is 0.175 e. The van der Waals surface area contributed by atoms with E-state index < -0.39 is 15.7 Å². The average Bonchev–Trinajstić information content (AvgIpc) is 2.38. The maximum atomic E-state index is 14.0. The predicted octanol–water partition coefficient (Wildman–Crippen LogP) is 2.87. The lowest BCUT2D eigenvalue weighted by Gasteiger charge is -2.20. The van der Waals surface area contributed by atoms with Gasteiger partial charge < -0.3 is 4.90 Å². The Hall–Kier alpha value is -1.88. The lowest BCUT2D eigenvalue weighted by molar-refractivity contribution is 0.595. The van der Waals surface area contributed by atoms with E-state index in [1.807, 2.05) is 30.3 Å². The molecule has 0 bridgehead atoms. The summed E-state index contributed by atoms with van der Waals surface area (Å²) in [6, 6.07) is 13.7. The van der Waals surface area contributed by atoms with Crippen molar-refractivity contribution in [1.82, 2.24) is 0 Å². The first kappa shape index (κ1) is 14.5. The molecule has 2 aromatic rings. The summed E-state index contributed by atoms with van der Waals surface area (Å²) in [4.78, 5) is 1.74. The van der Waals surface area contributed by atoms with Gasteiger partial charge in [0.2, 0.25) is 0 Å². The summed E-state index contributed by atoms with van der Waals surface area (Å²) in [5, 5.41) is 0. The summed E-state index contributed by atoms with van der Waals surface area (Å²) in [7, 11) is -1.62. The van der Waals surface area contributed by atoms with Crippen molar-refractivity contribution in [2.75, 3.05) is 18.2 Å². The van der Waals surface area contributed by atoms with E-state index in [0.29, 0.717) is 12.2 Å². The van der Waals surface area contributed by atoms with Crippen LogP contribution in [0.2, 0.25) is 0 Å². The van der Waals surface area contributed by atoms with E-state index in [1.165, 1.54) is 12.1 Å². The van der Waals surface area contributed by atoms with Crippen molar-refractivity contribution in [2.24, 2.45) is 0 Å². The first-order valence-electron chi connectivity index (χ1n) is 6.12. The molecule has 2 aromatic carbocycles. The zero-order valence-corrected chi connectivity index (χ0v) is 12.2. The van der Waals surface area contributed by atoms with Crippen molar-refractivity contribution in [3.8, 4) is 0 Å². The van der Waals surface area contributed by atoms with Gasteiger partial charge >= 0.3 is 0 Å². The third-order valence-corrected chi connectivity index (χ3v) is 4.13. The second-order valence-corrected chi connectivity index (χ2v) is 6.74. The second-order valence-electron chi connectivity index (χ2n) is 4.73. The van der Waals surface area contributed by atoms with Crippen molar-refractivity contribution in [1.29, 1.82) is 0 Å². The Labute approximate surface area is 118 Å². The molecule has 0 aliphatic carbocycles. The summed E-state index contributed by atoms with van der Waals surface area (Å²) in [6.07, 6.45) is 1.06. The van der Waals surface area contributed by atoms with Gasteiger partial charge in [-0.1, -0.05) is 30.3 Å². The monoisotopic (exact) mass is 293 g/mol. The van der Waals surface area contributed by atoms with Gasteiger partial charge in [0, 0.05) is 19.8 Å². The minimum atomic E-state index is -3.39. The molecule has 0 fully saturated rings. The Kier molecular flexibility index (Phi) is 4.09. The number of rotatable bonds is 4. The molecule has 2 rings (SSSR count). The molecule has 0 aliphatic rings. The molecule has 0 radical (unpaired) electrons. The van der Waals surface area contributed by atoms with Crippen LogP contribution in [0, 0.1) is 5.82 Å². The molecule has 20 heavy (non-hydrogen) atoms. The van der Waals surface area contributed by atoms with E-state index in [-0.39, 0.29) is 4.90 Å². The number of hydrogen-bond donors (Lipinski definition) is 0. The van der Waals surface area contributed by atoms with Gasteiger partial charge in [0.15, 0.2) is 9.84 Å². The van der Waals surface area contributed by atoms with Gasteiger partial charge in [-0.3, -0.25) is 0 Å². The van der Waals surface area contributed by atoms with Gasteiger partial charge in [0.1, 0.15) is 5.82 Å². The molecular weight excluding hydrogens is 277 g/mol. The highest BCUT2D eigenvalue weighted by Crippen LogP contribution is 2.23. The highest BCUT2D eigenvalue weighted by atomic mass is 32.2. The number of nitrogens with zero attached hydrogens (tertiary/aromatic N) is 1. The molecule has 0 saturated carbocycles. The quantitative estimate of drug-likeness (QED) is 0.870. The van der Waals surface area contributed by atoms with Crippen LogP contribution < -0.4 is 4.90 Å². The molecule has 0 N–H and O–H groups in total. The Morgan fingerprint density at radius 3 is 2.30 bits per heavy atom. The molecule has 3 nitrogen and oxygen atoms in total. The minimum absolute atomic E-state index is 0.00754. The normalized spacial score (nSPS) is 11.3. The van der Waals surface area contributed by atoms with Crippen LogP contribution in [0.25, 0.3) is 0 Å². The molecule has 0 spiro atoms. The van der Waals surface area contributed by atoms with Gasteiger partial charge in [-0.05, 0) is 23.8 Å². The molecule has 0 atom stereocenters. The summed E-state index contributed by atoms with van der Waals surface area (Å²) in [5.41, 5.74) is 1.43. The van der Waals surface area contributed by atoms with E-state index in [2.05, 4.69) is 0 Å². The summed E-state index contributed by atoms with van der Waals surface area (Å²) < 4.78 is 36.8. The van der Waals surface area contributed by atoms with Gasteiger partial charge in [-0.15, -0.1) is 0 Å². The molecule has 0 heterocycles. The molecular formula is C15H16FNO2S. The first-order valence-corrected chi connectivity index (χ1v) is 8.02. The predicted molar refractivity (Wildman–Crippen MR) is 78.1 cm³/mol. The summed E-state index contributed by atoms with van der Waals surface area (Å²) in [5.74, 6) is -0.536. The molecule has 0 aliphatic heterocycles. The SMILES string of the molecule is CN(Cc1ccccc1)c1ccc(S(C)(=O)=O)cc1F. The molecule has 106 valence electrons. The van der Waals surface area contributed by atoms with Crippen molar-refractivity contribution in [3.05, 3.63) is 59.9 Å². The molecule has 0 aromatic heterocycles. The van der Waals surface area contributed by atoms with E-state index in [9.17, 15) is 12.8 Å². The number of benzene rings is 2. The largest absolute Gasteiger partial charge is 0.368 e. The van der Waals surface area contributed by atoms with E-state index >= 15 is 0 Å². The molecule has 0 saturated heterocycles. The molecule has 5 heteroatoms. The van der Waals surface area contributed by atoms with Crippen molar-refractivity contribution < 1.29 is 12.8 Å². The van der Waals surface area contributed by atoms with Crippen molar-refractivity contribution >= 4 is 15.5 Å². The smallest absolute Gasteiger partial charge is 0.175 e. The average molecular weight is 293 g/mol. The van der Waals surface area contributed by atoms with E-state index in [1.54, 1.807) is 11.9 Å². The second kappa shape index (κ2) is 5.63. The van der Waals surface area contributed by atoms with Crippen LogP contribution in [-0.4, -0.2) is 21.7 Å². The Balaban J connectivity index is 2.25. The zero-order valence-electron chi connectivity index (χ0n) is 11.4. The molecule has 0 unspecified atom stereocenters. The van der Waals surface area contributed by atoms with Gasteiger partial charge in [-0.2, -0.15) is 0 Å². The third-order valence-electron chi connectivity index (χ3n) is 3.02. The van der Waals surface area contributed by atoms with E-state index in [4.69, 9.17) is 0 Å². The fourth-order valence-corrected chi connectivity index (χ4v) is 2.60. The highest BCUT2D eigenvalue weighted by molar-refractivity contribution is 7.90. The first-order chi connectivity index (χ1) is 9.38. The van der Waals surface area contributed by atoms with Gasteiger partial charge in [0.25, 0.3) is 0 Å². The maximum absolute atomic E-state index is 14.0. The molecule has 0 amide bonds. The minimum Gasteiger partial charge on any atom is -0.368 e. The van der Waals surface area contributed by atoms with Crippen LogP contribution in [-0.2, 0) is 16.4 Å². The summed E-state index contributed by atoms with van der Waals surface area (Å²) in [6.45, 7) is 0.552.